The number of imide groups is 1. The highest BCUT2D eigenvalue weighted by Gasteiger charge is 2.37. The number of carbonyl (C=O) groups is 2. The number of benzene rings is 2. The van der Waals surface area contributed by atoms with Gasteiger partial charge >= 0.3 is 0 Å². The lowest BCUT2D eigenvalue weighted by molar-refractivity contribution is 0.0926. The minimum Gasteiger partial charge on any atom is -0.268 e. The summed E-state index contributed by atoms with van der Waals surface area (Å²) in [7, 11) is -3.07. The summed E-state index contributed by atoms with van der Waals surface area (Å²) in [5.74, 6) is 0.515. The largest absolute Gasteiger partial charge is 0.268 e. The number of nitrogens with zero attached hydrogens (tertiary/aromatic N) is 1. The third-order valence-corrected chi connectivity index (χ3v) is 10.6. The van der Waals surface area contributed by atoms with E-state index < -0.39 is 14.6 Å². The summed E-state index contributed by atoms with van der Waals surface area (Å²) in [6.45, 7) is 7.28. The number of fused-ring (bicyclic) bond motifs is 1. The van der Waals surface area contributed by atoms with Crippen molar-refractivity contribution in [2.24, 2.45) is 11.8 Å². The lowest BCUT2D eigenvalue weighted by atomic mass is 9.80. The maximum absolute atomic E-state index is 12.9. The predicted molar refractivity (Wildman–Crippen MR) is 141 cm³/mol. The standard InChI is InChI=1S/C28H34ClNO4S/c1-18-15-20(8-5-19-6-9-21(10-7-19)17-35(33,34)28(2,3)4)11-14-25(18)30-26(31)23-13-12-22(29)16-24(23)27(30)32/h11-16,19,21H,5-10,17H2,1-4H3. The van der Waals surface area contributed by atoms with E-state index in [4.69, 9.17) is 11.6 Å². The molecule has 35 heavy (non-hydrogen) atoms. The molecule has 0 spiro atoms. The molecule has 2 aromatic carbocycles. The van der Waals surface area contributed by atoms with E-state index >= 15 is 0 Å². The van der Waals surface area contributed by atoms with Gasteiger partial charge in [-0.15, -0.1) is 0 Å². The summed E-state index contributed by atoms with van der Waals surface area (Å²) in [5, 5.41) is 0.434. The average molecular weight is 516 g/mol. The van der Waals surface area contributed by atoms with Crippen LogP contribution in [-0.2, 0) is 16.3 Å². The Balaban J connectivity index is 1.35. The van der Waals surface area contributed by atoms with E-state index in [1.165, 1.54) is 10.5 Å². The second-order valence-electron chi connectivity index (χ2n) is 11.1. The van der Waals surface area contributed by atoms with Crippen LogP contribution in [0.4, 0.5) is 5.69 Å². The van der Waals surface area contributed by atoms with E-state index in [0.29, 0.717) is 33.5 Å². The highest BCUT2D eigenvalue weighted by molar-refractivity contribution is 7.92. The van der Waals surface area contributed by atoms with E-state index in [1.54, 1.807) is 39.0 Å². The lowest BCUT2D eigenvalue weighted by Gasteiger charge is -2.30. The van der Waals surface area contributed by atoms with Gasteiger partial charge in [-0.05, 0) is 101 Å². The number of carbonyl (C=O) groups excluding carboxylic acids is 2. The molecule has 0 saturated heterocycles. The van der Waals surface area contributed by atoms with Crippen LogP contribution in [0.15, 0.2) is 36.4 Å². The quantitative estimate of drug-likeness (QED) is 0.417. The van der Waals surface area contributed by atoms with Gasteiger partial charge in [-0.3, -0.25) is 9.59 Å². The van der Waals surface area contributed by atoms with Crippen molar-refractivity contribution in [1.29, 1.82) is 0 Å². The molecule has 7 heteroatoms. The number of aryl methyl sites for hydroxylation is 2. The highest BCUT2D eigenvalue weighted by Crippen LogP contribution is 2.35. The first-order valence-electron chi connectivity index (χ1n) is 12.4. The van der Waals surface area contributed by atoms with Crippen LogP contribution in [0.5, 0.6) is 0 Å². The van der Waals surface area contributed by atoms with Crippen LogP contribution in [0.2, 0.25) is 5.02 Å². The smallest absolute Gasteiger partial charge is 0.266 e. The van der Waals surface area contributed by atoms with Gasteiger partial charge in [0, 0.05) is 5.02 Å². The number of anilines is 1. The summed E-state index contributed by atoms with van der Waals surface area (Å²) in [6, 6.07) is 10.7. The van der Waals surface area contributed by atoms with Crippen LogP contribution < -0.4 is 4.90 Å². The van der Waals surface area contributed by atoms with Crippen molar-refractivity contribution in [1.82, 2.24) is 0 Å². The Hall–Kier alpha value is -2.18. The molecular formula is C28H34ClNO4S. The van der Waals surface area contributed by atoms with Crippen molar-refractivity contribution in [3.63, 3.8) is 0 Å². The normalized spacial score (nSPS) is 20.9. The third-order valence-electron chi connectivity index (χ3n) is 7.55. The van der Waals surface area contributed by atoms with Gasteiger partial charge in [0.1, 0.15) is 0 Å². The number of hydrogen-bond acceptors (Lipinski definition) is 4. The molecule has 2 aliphatic rings. The number of hydrogen-bond donors (Lipinski definition) is 0. The van der Waals surface area contributed by atoms with Crippen LogP contribution in [0.1, 0.15) is 84.7 Å². The van der Waals surface area contributed by atoms with E-state index in [-0.39, 0.29) is 17.7 Å². The molecule has 0 atom stereocenters. The summed E-state index contributed by atoms with van der Waals surface area (Å²) < 4.78 is 24.4. The number of amides is 2. The minimum atomic E-state index is -3.07. The molecule has 0 radical (unpaired) electrons. The number of halogens is 1. The molecule has 4 rings (SSSR count). The van der Waals surface area contributed by atoms with Crippen molar-refractivity contribution < 1.29 is 18.0 Å². The molecule has 1 aliphatic heterocycles. The maximum atomic E-state index is 12.9. The highest BCUT2D eigenvalue weighted by atomic mass is 35.5. The van der Waals surface area contributed by atoms with Crippen LogP contribution in [-0.4, -0.2) is 30.7 Å². The van der Waals surface area contributed by atoms with E-state index in [9.17, 15) is 18.0 Å². The lowest BCUT2D eigenvalue weighted by Crippen LogP contribution is -2.34. The molecule has 1 fully saturated rings. The van der Waals surface area contributed by atoms with Crippen molar-refractivity contribution in [2.45, 2.75) is 71.0 Å². The fourth-order valence-corrected chi connectivity index (χ4v) is 6.80. The summed E-state index contributed by atoms with van der Waals surface area (Å²) in [5.41, 5.74) is 3.41. The number of sulfone groups is 1. The zero-order valence-corrected chi connectivity index (χ0v) is 22.5. The first kappa shape index (κ1) is 25.9. The molecule has 188 valence electrons. The van der Waals surface area contributed by atoms with Gasteiger partial charge in [0.05, 0.1) is 27.3 Å². The van der Waals surface area contributed by atoms with Gasteiger partial charge in [0.15, 0.2) is 9.84 Å². The van der Waals surface area contributed by atoms with Gasteiger partial charge in [-0.2, -0.15) is 0 Å². The van der Waals surface area contributed by atoms with Gasteiger partial charge in [0.25, 0.3) is 11.8 Å². The third kappa shape index (κ3) is 5.34. The Labute approximate surface area is 213 Å². The van der Waals surface area contributed by atoms with E-state index in [0.717, 1.165) is 44.1 Å². The Morgan fingerprint density at radius 2 is 1.54 bits per heavy atom. The molecular weight excluding hydrogens is 482 g/mol. The monoisotopic (exact) mass is 515 g/mol. The molecule has 5 nitrogen and oxygen atoms in total. The topological polar surface area (TPSA) is 71.5 Å². The molecule has 1 aliphatic carbocycles. The Bertz CT molecular complexity index is 1250. The zero-order chi connectivity index (χ0) is 25.5. The predicted octanol–water partition coefficient (Wildman–Crippen LogP) is 6.40. The van der Waals surface area contributed by atoms with Gasteiger partial charge in [-0.25, -0.2) is 13.3 Å². The summed E-state index contributed by atoms with van der Waals surface area (Å²) >= 11 is 6.03. The van der Waals surface area contributed by atoms with Crippen LogP contribution >= 0.6 is 11.6 Å². The average Bonchev–Trinajstić information content (AvgIpc) is 3.02. The van der Waals surface area contributed by atoms with Gasteiger partial charge < -0.3 is 0 Å². The Morgan fingerprint density at radius 3 is 2.17 bits per heavy atom. The second kappa shape index (κ2) is 9.70. The molecule has 0 unspecified atom stereocenters. The molecule has 2 aromatic rings. The van der Waals surface area contributed by atoms with Crippen molar-refractivity contribution in [3.05, 3.63) is 63.7 Å². The van der Waals surface area contributed by atoms with Gasteiger partial charge in [-0.1, -0.05) is 36.6 Å². The fraction of sp³-hybridized carbons (Fsp3) is 0.500. The Kier molecular flexibility index (Phi) is 7.18. The molecule has 2 amide bonds. The minimum absolute atomic E-state index is 0.270. The van der Waals surface area contributed by atoms with Crippen molar-refractivity contribution >= 4 is 38.9 Å². The zero-order valence-electron chi connectivity index (χ0n) is 20.9. The Morgan fingerprint density at radius 1 is 0.914 bits per heavy atom. The first-order valence-corrected chi connectivity index (χ1v) is 14.4. The van der Waals surface area contributed by atoms with Crippen molar-refractivity contribution in [2.75, 3.05) is 10.7 Å². The maximum Gasteiger partial charge on any atom is 0.266 e. The van der Waals surface area contributed by atoms with Gasteiger partial charge in [0.2, 0.25) is 0 Å². The summed E-state index contributed by atoms with van der Waals surface area (Å²) in [4.78, 5) is 27.0. The first-order chi connectivity index (χ1) is 16.4. The molecule has 1 saturated carbocycles. The van der Waals surface area contributed by atoms with E-state index in [2.05, 4.69) is 6.07 Å². The summed E-state index contributed by atoms with van der Waals surface area (Å²) in [6.07, 6.45) is 6.07. The van der Waals surface area contributed by atoms with Crippen LogP contribution in [0, 0.1) is 18.8 Å². The molecule has 0 aromatic heterocycles. The number of rotatable bonds is 6. The fourth-order valence-electron chi connectivity index (χ4n) is 5.17. The second-order valence-corrected chi connectivity index (χ2v) is 14.3. The van der Waals surface area contributed by atoms with Crippen molar-refractivity contribution in [3.8, 4) is 0 Å². The van der Waals surface area contributed by atoms with Crippen LogP contribution in [0.3, 0.4) is 0 Å². The molecule has 0 N–H and O–H groups in total. The van der Waals surface area contributed by atoms with E-state index in [1.807, 2.05) is 19.1 Å². The molecule has 1 heterocycles. The SMILES string of the molecule is Cc1cc(CCC2CCC(CS(=O)(=O)C(C)(C)C)CC2)ccc1N1C(=O)c2ccc(Cl)cc2C1=O. The molecule has 0 bridgehead atoms. The van der Waals surface area contributed by atoms with Crippen LogP contribution in [0.25, 0.3) is 0 Å².